The second-order valence-corrected chi connectivity index (χ2v) is 5.68. The molecule has 27 heavy (non-hydrogen) atoms. The Balaban J connectivity index is 0.00000261. The van der Waals surface area contributed by atoms with Gasteiger partial charge in [0.2, 0.25) is 0 Å². The highest BCUT2D eigenvalue weighted by Crippen LogP contribution is 2.30. The van der Waals surface area contributed by atoms with Crippen LogP contribution in [-0.2, 0) is 0 Å². The zero-order valence-electron chi connectivity index (χ0n) is 15.3. The lowest BCUT2D eigenvalue weighted by Crippen LogP contribution is -2.41. The molecular formula is C19H25IN4O3. The Labute approximate surface area is 176 Å². The van der Waals surface area contributed by atoms with Crippen LogP contribution in [0.15, 0.2) is 53.8 Å². The first-order valence-corrected chi connectivity index (χ1v) is 8.78. The molecule has 0 saturated heterocycles. The molecule has 0 radical (unpaired) electrons. The molecule has 1 aliphatic heterocycles. The van der Waals surface area contributed by atoms with Crippen molar-refractivity contribution in [3.05, 3.63) is 48.8 Å². The molecule has 2 N–H and O–H groups in total. The van der Waals surface area contributed by atoms with Gasteiger partial charge >= 0.3 is 0 Å². The Bertz CT molecular complexity index is 715. The molecule has 3 rings (SSSR count). The first-order chi connectivity index (χ1) is 12.8. The first-order valence-electron chi connectivity index (χ1n) is 8.78. The molecule has 2 heterocycles. The number of aromatic nitrogens is 1. The van der Waals surface area contributed by atoms with Crippen LogP contribution < -0.4 is 24.8 Å². The summed E-state index contributed by atoms with van der Waals surface area (Å²) < 4.78 is 17.3. The van der Waals surface area contributed by atoms with Crippen LogP contribution in [0.2, 0.25) is 0 Å². The lowest BCUT2D eigenvalue weighted by atomic mass is 10.2. The summed E-state index contributed by atoms with van der Waals surface area (Å²) in [6.07, 6.45) is 3.31. The van der Waals surface area contributed by atoms with Gasteiger partial charge in [-0.15, -0.1) is 24.0 Å². The predicted octanol–water partition coefficient (Wildman–Crippen LogP) is 2.47. The molecule has 1 atom stereocenters. The summed E-state index contributed by atoms with van der Waals surface area (Å²) in [5, 5.41) is 6.46. The fourth-order valence-electron chi connectivity index (χ4n) is 2.46. The summed E-state index contributed by atoms with van der Waals surface area (Å²) in [5.41, 5.74) is 0. The Kier molecular flexibility index (Phi) is 8.96. The van der Waals surface area contributed by atoms with Gasteiger partial charge in [0.25, 0.3) is 0 Å². The van der Waals surface area contributed by atoms with Gasteiger partial charge in [0.05, 0.1) is 19.3 Å². The number of hydrogen-bond donors (Lipinski definition) is 2. The molecule has 146 valence electrons. The minimum atomic E-state index is -0.105. The smallest absolute Gasteiger partial charge is 0.191 e. The molecular weight excluding hydrogens is 459 g/mol. The highest BCUT2D eigenvalue weighted by molar-refractivity contribution is 14.0. The van der Waals surface area contributed by atoms with Crippen LogP contribution in [0.4, 0.5) is 0 Å². The van der Waals surface area contributed by atoms with Gasteiger partial charge in [-0.25, -0.2) is 4.99 Å². The second kappa shape index (κ2) is 11.5. The second-order valence-electron chi connectivity index (χ2n) is 5.68. The number of hydrogen-bond acceptors (Lipinski definition) is 5. The molecule has 8 heteroatoms. The number of pyridine rings is 1. The van der Waals surface area contributed by atoms with Gasteiger partial charge in [-0.2, -0.15) is 0 Å². The van der Waals surface area contributed by atoms with Gasteiger partial charge in [-0.05, 0) is 31.2 Å². The molecule has 0 aliphatic carbocycles. The number of nitrogens with zero attached hydrogens (tertiary/aromatic N) is 2. The molecule has 1 aliphatic rings. The SMILES string of the molecule is CCNC(=NCC1COc2ccccc2O1)NCCOc1cccnc1.I. The van der Waals surface area contributed by atoms with Gasteiger partial charge in [-0.1, -0.05) is 12.1 Å². The van der Waals surface area contributed by atoms with Gasteiger partial charge in [-0.3, -0.25) is 4.98 Å². The molecule has 0 spiro atoms. The van der Waals surface area contributed by atoms with E-state index < -0.39 is 0 Å². The number of halogens is 1. The fraction of sp³-hybridized carbons (Fsp3) is 0.368. The molecule has 1 aromatic heterocycles. The van der Waals surface area contributed by atoms with Crippen molar-refractivity contribution >= 4 is 29.9 Å². The molecule has 0 fully saturated rings. The normalized spacial score (nSPS) is 15.4. The van der Waals surface area contributed by atoms with E-state index >= 15 is 0 Å². The standard InChI is InChI=1S/C19H24N4O3.HI/c1-2-21-19(22-10-11-24-15-6-5-9-20-12-15)23-13-16-14-25-17-7-3-4-8-18(17)26-16;/h3-9,12,16H,2,10-11,13-14H2,1H3,(H2,21,22,23);1H. The lowest BCUT2D eigenvalue weighted by Gasteiger charge is -2.25. The third-order valence-electron chi connectivity index (χ3n) is 3.66. The monoisotopic (exact) mass is 484 g/mol. The molecule has 2 aromatic rings. The Morgan fingerprint density at radius 3 is 2.85 bits per heavy atom. The van der Waals surface area contributed by atoms with Crippen LogP contribution in [0.25, 0.3) is 0 Å². The zero-order valence-corrected chi connectivity index (χ0v) is 17.6. The Hall–Kier alpha value is -2.23. The third kappa shape index (κ3) is 6.78. The Morgan fingerprint density at radius 1 is 1.22 bits per heavy atom. The van der Waals surface area contributed by atoms with Gasteiger partial charge in [0, 0.05) is 12.7 Å². The van der Waals surface area contributed by atoms with Crippen molar-refractivity contribution in [2.24, 2.45) is 4.99 Å². The summed E-state index contributed by atoms with van der Waals surface area (Å²) in [7, 11) is 0. The predicted molar refractivity (Wildman–Crippen MR) is 115 cm³/mol. The van der Waals surface area contributed by atoms with Crippen LogP contribution in [0.1, 0.15) is 6.92 Å². The molecule has 0 saturated carbocycles. The van der Waals surface area contributed by atoms with Crippen molar-refractivity contribution in [1.29, 1.82) is 0 Å². The number of ether oxygens (including phenoxy) is 3. The molecule has 1 unspecified atom stereocenters. The lowest BCUT2D eigenvalue weighted by molar-refractivity contribution is 0.0971. The summed E-state index contributed by atoms with van der Waals surface area (Å²) >= 11 is 0. The minimum absolute atomic E-state index is 0. The molecule has 1 aromatic carbocycles. The largest absolute Gasteiger partial charge is 0.490 e. The topological polar surface area (TPSA) is 77.0 Å². The summed E-state index contributed by atoms with van der Waals surface area (Å²) in [4.78, 5) is 8.59. The van der Waals surface area contributed by atoms with E-state index in [1.165, 1.54) is 0 Å². The Morgan fingerprint density at radius 2 is 2.07 bits per heavy atom. The van der Waals surface area contributed by atoms with E-state index in [1.54, 1.807) is 12.4 Å². The zero-order chi connectivity index (χ0) is 18.0. The number of nitrogens with one attached hydrogen (secondary N) is 2. The number of benzene rings is 1. The highest BCUT2D eigenvalue weighted by atomic mass is 127. The maximum atomic E-state index is 5.92. The van der Waals surface area contributed by atoms with Crippen LogP contribution in [0.3, 0.4) is 0 Å². The quantitative estimate of drug-likeness (QED) is 0.272. The van der Waals surface area contributed by atoms with Gasteiger partial charge in [0.15, 0.2) is 23.6 Å². The number of guanidine groups is 1. The van der Waals surface area contributed by atoms with E-state index in [1.807, 2.05) is 43.3 Å². The van der Waals surface area contributed by atoms with Crippen molar-refractivity contribution in [3.63, 3.8) is 0 Å². The van der Waals surface area contributed by atoms with Crippen molar-refractivity contribution in [3.8, 4) is 17.2 Å². The number of aliphatic imine (C=N–C) groups is 1. The fourth-order valence-corrected chi connectivity index (χ4v) is 2.46. The van der Waals surface area contributed by atoms with E-state index in [0.29, 0.717) is 26.3 Å². The van der Waals surface area contributed by atoms with Gasteiger partial charge in [0.1, 0.15) is 19.0 Å². The molecule has 0 amide bonds. The van der Waals surface area contributed by atoms with E-state index in [2.05, 4.69) is 20.6 Å². The third-order valence-corrected chi connectivity index (χ3v) is 3.66. The van der Waals surface area contributed by atoms with Gasteiger partial charge < -0.3 is 24.8 Å². The van der Waals surface area contributed by atoms with Crippen LogP contribution in [0, 0.1) is 0 Å². The molecule has 0 bridgehead atoms. The summed E-state index contributed by atoms with van der Waals surface area (Å²) in [6, 6.07) is 11.4. The van der Waals surface area contributed by atoms with E-state index in [4.69, 9.17) is 14.2 Å². The number of fused-ring (bicyclic) bond motifs is 1. The van der Waals surface area contributed by atoms with E-state index in [0.717, 1.165) is 29.8 Å². The van der Waals surface area contributed by atoms with Crippen LogP contribution in [-0.4, -0.2) is 49.9 Å². The van der Waals surface area contributed by atoms with Crippen molar-refractivity contribution < 1.29 is 14.2 Å². The maximum absolute atomic E-state index is 5.92. The minimum Gasteiger partial charge on any atom is -0.490 e. The first kappa shape index (κ1) is 21.1. The highest BCUT2D eigenvalue weighted by Gasteiger charge is 2.20. The summed E-state index contributed by atoms with van der Waals surface area (Å²) in [6.45, 7) is 4.95. The van der Waals surface area contributed by atoms with Crippen molar-refractivity contribution in [1.82, 2.24) is 15.6 Å². The van der Waals surface area contributed by atoms with E-state index in [-0.39, 0.29) is 30.1 Å². The van der Waals surface area contributed by atoms with Crippen molar-refractivity contribution in [2.75, 3.05) is 32.8 Å². The van der Waals surface area contributed by atoms with Crippen LogP contribution in [0.5, 0.6) is 17.2 Å². The van der Waals surface area contributed by atoms with Crippen LogP contribution >= 0.6 is 24.0 Å². The van der Waals surface area contributed by atoms with Crippen molar-refractivity contribution in [2.45, 2.75) is 13.0 Å². The van der Waals surface area contributed by atoms with E-state index in [9.17, 15) is 0 Å². The average Bonchev–Trinajstić information content (AvgIpc) is 2.70. The average molecular weight is 484 g/mol. The maximum Gasteiger partial charge on any atom is 0.191 e. The number of rotatable bonds is 7. The molecule has 7 nitrogen and oxygen atoms in total. The number of para-hydroxylation sites is 2. The summed E-state index contributed by atoms with van der Waals surface area (Å²) in [5.74, 6) is 3.03.